The van der Waals surface area contributed by atoms with Crippen molar-refractivity contribution in [3.63, 3.8) is 0 Å². The molecule has 12 nitrogen and oxygen atoms in total. The van der Waals surface area contributed by atoms with Crippen LogP contribution in [0.15, 0.2) is 468 Å². The van der Waals surface area contributed by atoms with E-state index in [9.17, 15) is 0 Å². The second kappa shape index (κ2) is 41.5. The molecule has 0 saturated heterocycles. The van der Waals surface area contributed by atoms with Crippen LogP contribution >= 0.6 is 68.0 Å². The summed E-state index contributed by atoms with van der Waals surface area (Å²) < 4.78 is 15.8. The minimum absolute atomic E-state index is 0.683. The number of fused-ring (bicyclic) bond motifs is 18. The van der Waals surface area contributed by atoms with Crippen LogP contribution in [0, 0.1) is 20.8 Å². The molecular formula is C129H86N12S6. The van der Waals surface area contributed by atoms with Gasteiger partial charge in [0.15, 0.2) is 52.4 Å². The SMILES string of the molecule is Cc1cccc(-c2nc(-c3ccccc3)nc(-c3ccc4sc5ccccc5c4c3)n2)c1.Cc1cccc2c1sc1c(-c3ccccc3)cccc12.Cc1nc(-c2ccccc2)nc(-c2cccc3c2sc2ccccc23)n1.c1ccc(-c2ccc3sc4ccccc4c3c2)cc1.c1ccc(-c2ncnc(-c3ccc4sc5ccccc5c4c3)n2)cc1.c1ccc(-c2ncnc(-c3ccc4sc5ccccc5c4c3)n2)cc1. The Labute approximate surface area is 871 Å². The van der Waals surface area contributed by atoms with Crippen molar-refractivity contribution in [2.75, 3.05) is 0 Å². The highest BCUT2D eigenvalue weighted by atomic mass is 32.1. The van der Waals surface area contributed by atoms with Gasteiger partial charge in [-0.05, 0) is 158 Å². The van der Waals surface area contributed by atoms with Crippen LogP contribution in [0.4, 0.5) is 0 Å². The zero-order chi connectivity index (χ0) is 98.5. The molecule has 0 aliphatic carbocycles. The van der Waals surface area contributed by atoms with E-state index in [2.05, 4.69) is 381 Å². The van der Waals surface area contributed by atoms with Gasteiger partial charge in [-0.3, -0.25) is 0 Å². The van der Waals surface area contributed by atoms with Gasteiger partial charge in [0.2, 0.25) is 0 Å². The number of rotatable bonds is 11. The molecule has 0 aliphatic rings. The number of benzene rings is 19. The predicted octanol–water partition coefficient (Wildman–Crippen LogP) is 36.3. The Morgan fingerprint density at radius 3 is 0.850 bits per heavy atom. The zero-order valence-corrected chi connectivity index (χ0v) is 84.7. The highest BCUT2D eigenvalue weighted by molar-refractivity contribution is 7.28. The fourth-order valence-corrected chi connectivity index (χ4v) is 25.5. The van der Waals surface area contributed by atoms with E-state index in [1.54, 1.807) is 24.0 Å². The Balaban J connectivity index is 0.0000000951. The lowest BCUT2D eigenvalue weighted by Crippen LogP contribution is -2.00. The third-order valence-corrected chi connectivity index (χ3v) is 33.0. The third kappa shape index (κ3) is 19.4. The maximum absolute atomic E-state index is 4.89. The van der Waals surface area contributed by atoms with Crippen molar-refractivity contribution in [2.24, 2.45) is 0 Å². The summed E-state index contributed by atoms with van der Waals surface area (Å²) in [5.74, 6) is 7.02. The van der Waals surface area contributed by atoms with Gasteiger partial charge < -0.3 is 0 Å². The summed E-state index contributed by atoms with van der Waals surface area (Å²) in [4.78, 5) is 55.3. The van der Waals surface area contributed by atoms with Crippen LogP contribution < -0.4 is 0 Å². The Kier molecular flexibility index (Phi) is 26.0. The van der Waals surface area contributed by atoms with E-state index >= 15 is 0 Å². The first kappa shape index (κ1) is 92.0. The summed E-state index contributed by atoms with van der Waals surface area (Å²) in [7, 11) is 0. The molecule has 0 fully saturated rings. The van der Waals surface area contributed by atoms with Gasteiger partial charge in [-0.15, -0.1) is 68.0 Å². The van der Waals surface area contributed by atoms with Crippen molar-refractivity contribution in [3.8, 4) is 125 Å². The van der Waals surface area contributed by atoms with Gasteiger partial charge in [0, 0.05) is 171 Å². The third-order valence-electron chi connectivity index (χ3n) is 25.8. The van der Waals surface area contributed by atoms with Gasteiger partial charge in [0.1, 0.15) is 18.5 Å². The Hall–Kier alpha value is -17.5. The predicted molar refractivity (Wildman–Crippen MR) is 624 cm³/mol. The standard InChI is InChI=1S/C28H19N3S.C22H15N3S.2C21H13N3S.C19H14S.C18H12S/c1-18-8-7-11-20(16-18)27-29-26(19-9-3-2-4-10-19)30-28(31-27)21-14-15-25-23(17-21)22-12-5-6-13-24(22)32-25;1-14-23-21(15-8-3-2-4-9-15)25-22(24-14)18-12-7-11-17-16-10-5-6-13-19(16)26-20(17)18;2*1-2-6-14(7-3-1)20-22-13-23-21(24-20)15-10-11-19-17(12-15)16-8-4-5-9-18(16)25-19;1-13-7-5-11-16-17-12-6-10-15(19(17)20-18(13)16)14-8-3-2-4-9-14;1-2-6-13(7-3-1)14-10-11-18-16(12-14)15-8-4-5-9-17(15)19-18/h2-17H,1H3;2-13H,1H3;2*1-13H;2-12H,1H3;1-12H. The number of hydrogen-bond acceptors (Lipinski definition) is 18. The molecule has 10 heterocycles. The van der Waals surface area contributed by atoms with Crippen LogP contribution in [0.5, 0.6) is 0 Å². The second-order valence-corrected chi connectivity index (χ2v) is 41.8. The molecule has 0 amide bonds. The van der Waals surface area contributed by atoms with Gasteiger partial charge in [0.25, 0.3) is 0 Å². The summed E-state index contributed by atoms with van der Waals surface area (Å²) in [6.45, 7) is 6.20. The maximum atomic E-state index is 4.89. The molecule has 698 valence electrons. The number of aromatic nitrogens is 12. The van der Waals surface area contributed by atoms with Crippen molar-refractivity contribution in [1.29, 1.82) is 0 Å². The van der Waals surface area contributed by atoms with Crippen molar-refractivity contribution >= 4 is 189 Å². The monoisotopic (exact) mass is 1990 g/mol. The molecule has 19 aromatic carbocycles. The molecule has 0 radical (unpaired) electrons. The van der Waals surface area contributed by atoms with Crippen LogP contribution in [0.1, 0.15) is 17.0 Å². The van der Waals surface area contributed by atoms with Crippen molar-refractivity contribution in [3.05, 3.63) is 485 Å². The van der Waals surface area contributed by atoms with Crippen molar-refractivity contribution in [1.82, 2.24) is 59.8 Å². The van der Waals surface area contributed by atoms with Gasteiger partial charge >= 0.3 is 0 Å². The van der Waals surface area contributed by atoms with Crippen LogP contribution in [-0.4, -0.2) is 59.8 Å². The molecule has 18 heteroatoms. The molecule has 29 rings (SSSR count). The first-order valence-electron chi connectivity index (χ1n) is 48.3. The van der Waals surface area contributed by atoms with Gasteiger partial charge in [-0.2, -0.15) is 0 Å². The van der Waals surface area contributed by atoms with E-state index < -0.39 is 0 Å². The summed E-state index contributed by atoms with van der Waals surface area (Å²) in [6, 6.07) is 158. The Bertz CT molecular complexity index is 9690. The van der Waals surface area contributed by atoms with E-state index in [-0.39, 0.29) is 0 Å². The van der Waals surface area contributed by atoms with E-state index in [0.29, 0.717) is 46.6 Å². The van der Waals surface area contributed by atoms with Crippen LogP contribution in [0.2, 0.25) is 0 Å². The Morgan fingerprint density at radius 2 is 0.415 bits per heavy atom. The first-order valence-corrected chi connectivity index (χ1v) is 53.2. The fraction of sp³-hybridized carbons (Fsp3) is 0.0233. The van der Waals surface area contributed by atoms with Crippen molar-refractivity contribution < 1.29 is 0 Å². The largest absolute Gasteiger partial charge is 0.217 e. The smallest absolute Gasteiger partial charge is 0.165 e. The van der Waals surface area contributed by atoms with Crippen LogP contribution in [0.3, 0.4) is 0 Å². The molecular weight excluding hydrogens is 1910 g/mol. The molecule has 29 aromatic rings. The average Bonchev–Trinajstić information content (AvgIpc) is 1.57. The minimum atomic E-state index is 0.683. The number of hydrogen-bond donors (Lipinski definition) is 0. The highest BCUT2D eigenvalue weighted by Crippen LogP contribution is 2.46. The molecule has 147 heavy (non-hydrogen) atoms. The molecule has 0 bridgehead atoms. The van der Waals surface area contributed by atoms with Crippen molar-refractivity contribution in [2.45, 2.75) is 20.8 Å². The maximum Gasteiger partial charge on any atom is 0.165 e. The lowest BCUT2D eigenvalue weighted by molar-refractivity contribution is 0.993. The summed E-state index contributed by atoms with van der Waals surface area (Å²) in [6.07, 6.45) is 3.17. The normalized spacial score (nSPS) is 11.2. The first-order chi connectivity index (χ1) is 72.6. The lowest BCUT2D eigenvalue weighted by atomic mass is 10.0. The van der Waals surface area contributed by atoms with E-state index in [4.69, 9.17) is 19.9 Å². The molecule has 0 spiro atoms. The van der Waals surface area contributed by atoms with E-state index in [1.165, 1.54) is 154 Å². The molecule has 0 unspecified atom stereocenters. The lowest BCUT2D eigenvalue weighted by Gasteiger charge is -2.09. The van der Waals surface area contributed by atoms with Gasteiger partial charge in [-0.25, -0.2) is 59.8 Å². The molecule has 0 aliphatic heterocycles. The quantitative estimate of drug-likeness (QED) is 0.121. The summed E-state index contributed by atoms with van der Waals surface area (Å²) in [5.41, 5.74) is 16.8. The average molecular weight is 2000 g/mol. The molecule has 10 aromatic heterocycles. The summed E-state index contributed by atoms with van der Waals surface area (Å²) >= 11 is 11.0. The van der Waals surface area contributed by atoms with E-state index in [1.807, 2.05) is 191 Å². The fourth-order valence-electron chi connectivity index (χ4n) is 18.6. The molecule has 0 atom stereocenters. The van der Waals surface area contributed by atoms with Crippen LogP contribution in [-0.2, 0) is 0 Å². The van der Waals surface area contributed by atoms with Gasteiger partial charge in [-0.1, -0.05) is 351 Å². The van der Waals surface area contributed by atoms with E-state index in [0.717, 1.165) is 61.7 Å². The topological polar surface area (TPSA) is 155 Å². The molecule has 0 N–H and O–H groups in total. The van der Waals surface area contributed by atoms with Gasteiger partial charge in [0.05, 0.1) is 0 Å². The number of aryl methyl sites for hydroxylation is 3. The summed E-state index contributed by atoms with van der Waals surface area (Å²) in [5, 5.41) is 15.6. The Morgan fingerprint density at radius 1 is 0.150 bits per heavy atom. The number of nitrogens with zero attached hydrogens (tertiary/aromatic N) is 12. The zero-order valence-electron chi connectivity index (χ0n) is 79.8. The second-order valence-electron chi connectivity index (χ2n) is 35.4. The molecule has 0 saturated carbocycles. The van der Waals surface area contributed by atoms with Crippen LogP contribution in [0.25, 0.3) is 246 Å². The number of thiophene rings is 6. The highest BCUT2D eigenvalue weighted by Gasteiger charge is 2.21. The minimum Gasteiger partial charge on any atom is -0.217 e.